The molecule has 0 spiro atoms. The van der Waals surface area contributed by atoms with Crippen molar-refractivity contribution in [3.63, 3.8) is 0 Å². The molecule has 14 heavy (non-hydrogen) atoms. The van der Waals surface area contributed by atoms with Crippen LogP contribution in [-0.2, 0) is 0 Å². The number of aliphatic hydroxyl groups excluding tert-OH is 1. The summed E-state index contributed by atoms with van der Waals surface area (Å²) in [7, 11) is 0. The van der Waals surface area contributed by atoms with Crippen LogP contribution in [0.2, 0.25) is 0 Å². The Bertz CT molecular complexity index is 315. The van der Waals surface area contributed by atoms with Crippen LogP contribution >= 0.6 is 11.8 Å². The zero-order valence-corrected chi connectivity index (χ0v) is 8.36. The Kier molecular flexibility index (Phi) is 3.84. The minimum atomic E-state index is -1.09. The maximum Gasteiger partial charge on any atom is 0.356 e. The Morgan fingerprint density at radius 1 is 1.57 bits per heavy atom. The lowest BCUT2D eigenvalue weighted by Gasteiger charge is -2.05. The molecule has 0 radical (unpaired) electrons. The molecule has 0 fully saturated rings. The predicted molar refractivity (Wildman–Crippen MR) is 51.4 cm³/mol. The lowest BCUT2D eigenvalue weighted by molar-refractivity contribution is 0.0689. The van der Waals surface area contributed by atoms with Crippen molar-refractivity contribution in [2.75, 3.05) is 6.61 Å². The second kappa shape index (κ2) is 4.92. The molecule has 76 valence electrons. The molecule has 5 nitrogen and oxygen atoms in total. The van der Waals surface area contributed by atoms with Crippen molar-refractivity contribution in [2.45, 2.75) is 17.2 Å². The van der Waals surface area contributed by atoms with E-state index in [1.54, 1.807) is 6.07 Å². The molecule has 0 bridgehead atoms. The minimum absolute atomic E-state index is 0.0278. The van der Waals surface area contributed by atoms with E-state index in [0.717, 1.165) is 0 Å². The predicted octanol–water partition coefficient (Wildman–Crippen LogP) is 0.648. The van der Waals surface area contributed by atoms with Gasteiger partial charge >= 0.3 is 5.97 Å². The van der Waals surface area contributed by atoms with Crippen LogP contribution in [0.3, 0.4) is 0 Å². The van der Waals surface area contributed by atoms with Crippen LogP contribution in [0.1, 0.15) is 17.4 Å². The van der Waals surface area contributed by atoms with Crippen LogP contribution in [0, 0.1) is 0 Å². The average molecular weight is 214 g/mol. The number of carbonyl (C=O) groups is 1. The molecule has 0 aromatic carbocycles. The summed E-state index contributed by atoms with van der Waals surface area (Å²) in [6.45, 7) is 1.89. The number of carboxylic acid groups (broad SMARTS) is 1. The van der Waals surface area contributed by atoms with Gasteiger partial charge in [-0.25, -0.2) is 4.79 Å². The van der Waals surface area contributed by atoms with Gasteiger partial charge in [-0.3, -0.25) is 0 Å². The van der Waals surface area contributed by atoms with E-state index < -0.39 is 5.97 Å². The van der Waals surface area contributed by atoms with E-state index in [1.165, 1.54) is 17.8 Å². The summed E-state index contributed by atoms with van der Waals surface area (Å²) in [6.07, 6.45) is 0. The largest absolute Gasteiger partial charge is 0.476 e. The molecule has 1 rings (SSSR count). The number of hydrogen-bond donors (Lipinski definition) is 2. The van der Waals surface area contributed by atoms with Crippen molar-refractivity contribution in [2.24, 2.45) is 0 Å². The molecule has 1 aromatic heterocycles. The first kappa shape index (κ1) is 10.9. The van der Waals surface area contributed by atoms with Crippen molar-refractivity contribution in [1.82, 2.24) is 10.2 Å². The van der Waals surface area contributed by atoms with Gasteiger partial charge in [-0.1, -0.05) is 18.7 Å². The Morgan fingerprint density at radius 3 is 2.71 bits per heavy atom. The lowest BCUT2D eigenvalue weighted by Crippen LogP contribution is -2.05. The van der Waals surface area contributed by atoms with Crippen LogP contribution < -0.4 is 0 Å². The number of hydrogen-bond acceptors (Lipinski definition) is 5. The molecule has 1 heterocycles. The molecule has 6 heteroatoms. The quantitative estimate of drug-likeness (QED) is 0.716. The zero-order chi connectivity index (χ0) is 10.6. The van der Waals surface area contributed by atoms with Gasteiger partial charge in [0.25, 0.3) is 0 Å². The van der Waals surface area contributed by atoms with Crippen LogP contribution in [0.4, 0.5) is 0 Å². The molecule has 1 unspecified atom stereocenters. The Balaban J connectivity index is 2.68. The molecule has 0 amide bonds. The molecular weight excluding hydrogens is 204 g/mol. The highest BCUT2D eigenvalue weighted by molar-refractivity contribution is 7.99. The third-order valence-corrected chi connectivity index (χ3v) is 2.45. The van der Waals surface area contributed by atoms with E-state index >= 15 is 0 Å². The normalized spacial score (nSPS) is 12.4. The summed E-state index contributed by atoms with van der Waals surface area (Å²) < 4.78 is 0. The van der Waals surface area contributed by atoms with Crippen molar-refractivity contribution in [1.29, 1.82) is 0 Å². The Labute approximate surface area is 85.2 Å². The lowest BCUT2D eigenvalue weighted by atomic mass is 10.4. The van der Waals surface area contributed by atoms with E-state index in [0.29, 0.717) is 5.03 Å². The van der Waals surface area contributed by atoms with Gasteiger partial charge in [0.2, 0.25) is 0 Å². The molecule has 1 atom stereocenters. The number of thioether (sulfide) groups is 1. The maximum absolute atomic E-state index is 10.4. The van der Waals surface area contributed by atoms with Gasteiger partial charge in [-0.15, -0.1) is 10.2 Å². The Hall–Kier alpha value is -1.14. The molecular formula is C8H10N2O3S. The summed E-state index contributed by atoms with van der Waals surface area (Å²) in [5.41, 5.74) is -0.0778. The number of aromatic carboxylic acids is 1. The highest BCUT2D eigenvalue weighted by atomic mass is 32.2. The summed E-state index contributed by atoms with van der Waals surface area (Å²) >= 11 is 1.35. The SMILES string of the molecule is CC(CO)Sc1ccc(C(=O)O)nn1. The van der Waals surface area contributed by atoms with Gasteiger partial charge < -0.3 is 10.2 Å². The first-order chi connectivity index (χ1) is 6.63. The standard InChI is InChI=1S/C8H10N2O3S/c1-5(4-11)14-7-3-2-6(8(12)13)9-10-7/h2-3,5,11H,4H2,1H3,(H,12,13). The van der Waals surface area contributed by atoms with Crippen molar-refractivity contribution in [3.8, 4) is 0 Å². The number of aromatic nitrogens is 2. The summed E-state index contributed by atoms with van der Waals surface area (Å²) in [5.74, 6) is -1.09. The number of carboxylic acids is 1. The smallest absolute Gasteiger partial charge is 0.356 e. The Morgan fingerprint density at radius 2 is 2.29 bits per heavy atom. The van der Waals surface area contributed by atoms with E-state index in [4.69, 9.17) is 10.2 Å². The molecule has 0 aliphatic rings. The van der Waals surface area contributed by atoms with Crippen LogP contribution in [-0.4, -0.2) is 38.2 Å². The second-order valence-electron chi connectivity index (χ2n) is 2.67. The number of nitrogens with zero attached hydrogens (tertiary/aromatic N) is 2. The average Bonchev–Trinajstić information content (AvgIpc) is 2.18. The highest BCUT2D eigenvalue weighted by Crippen LogP contribution is 2.19. The first-order valence-corrected chi connectivity index (χ1v) is 4.86. The molecule has 0 saturated heterocycles. The van der Waals surface area contributed by atoms with E-state index in [9.17, 15) is 4.79 Å². The van der Waals surface area contributed by atoms with E-state index in [2.05, 4.69) is 10.2 Å². The third kappa shape index (κ3) is 2.97. The summed E-state index contributed by atoms with van der Waals surface area (Å²) in [6, 6.07) is 2.97. The van der Waals surface area contributed by atoms with Gasteiger partial charge in [0.1, 0.15) is 5.03 Å². The topological polar surface area (TPSA) is 83.3 Å². The van der Waals surface area contributed by atoms with Crippen molar-refractivity contribution >= 4 is 17.7 Å². The zero-order valence-electron chi connectivity index (χ0n) is 7.54. The summed E-state index contributed by atoms with van der Waals surface area (Å²) in [4.78, 5) is 10.4. The first-order valence-electron chi connectivity index (χ1n) is 3.98. The molecule has 2 N–H and O–H groups in total. The molecule has 0 aliphatic heterocycles. The molecule has 0 saturated carbocycles. The van der Waals surface area contributed by atoms with Gasteiger partial charge in [0.05, 0.1) is 6.61 Å². The van der Waals surface area contributed by atoms with E-state index in [-0.39, 0.29) is 17.6 Å². The van der Waals surface area contributed by atoms with Crippen LogP contribution in [0.5, 0.6) is 0 Å². The number of aliphatic hydroxyl groups is 1. The second-order valence-corrected chi connectivity index (χ2v) is 4.13. The third-order valence-electron chi connectivity index (χ3n) is 1.44. The van der Waals surface area contributed by atoms with Gasteiger partial charge in [-0.05, 0) is 12.1 Å². The van der Waals surface area contributed by atoms with Crippen LogP contribution in [0.15, 0.2) is 17.2 Å². The van der Waals surface area contributed by atoms with E-state index in [1.807, 2.05) is 6.92 Å². The molecule has 1 aromatic rings. The maximum atomic E-state index is 10.4. The van der Waals surface area contributed by atoms with Crippen molar-refractivity contribution < 1.29 is 15.0 Å². The fourth-order valence-electron chi connectivity index (χ4n) is 0.740. The molecule has 0 aliphatic carbocycles. The van der Waals surface area contributed by atoms with Crippen molar-refractivity contribution in [3.05, 3.63) is 17.8 Å². The minimum Gasteiger partial charge on any atom is -0.476 e. The van der Waals surface area contributed by atoms with Gasteiger partial charge in [0, 0.05) is 5.25 Å². The number of rotatable bonds is 4. The fourth-order valence-corrected chi connectivity index (χ4v) is 1.46. The monoisotopic (exact) mass is 214 g/mol. The fraction of sp³-hybridized carbons (Fsp3) is 0.375. The van der Waals surface area contributed by atoms with Crippen LogP contribution in [0.25, 0.3) is 0 Å². The van der Waals surface area contributed by atoms with Gasteiger partial charge in [-0.2, -0.15) is 0 Å². The highest BCUT2D eigenvalue weighted by Gasteiger charge is 2.07. The van der Waals surface area contributed by atoms with Gasteiger partial charge in [0.15, 0.2) is 5.69 Å². The summed E-state index contributed by atoms with van der Waals surface area (Å²) in [5, 5.41) is 25.2.